The molecular formula is C25H28Cl2N2O8. The first-order chi connectivity index (χ1) is 17.4. The molecule has 3 atom stereocenters. The first kappa shape index (κ1) is 28.8. The van der Waals surface area contributed by atoms with Gasteiger partial charge in [-0.05, 0) is 42.5 Å². The predicted molar refractivity (Wildman–Crippen MR) is 133 cm³/mol. The fourth-order valence-corrected chi connectivity index (χ4v) is 5.46. The fourth-order valence-electron chi connectivity index (χ4n) is 5.08. The van der Waals surface area contributed by atoms with Crippen molar-refractivity contribution in [1.82, 2.24) is 9.88 Å². The molecule has 2 aliphatic rings. The molecule has 10 nitrogen and oxygen atoms in total. The van der Waals surface area contributed by atoms with Crippen LogP contribution in [0.5, 0.6) is 0 Å². The van der Waals surface area contributed by atoms with Crippen LogP contribution in [0, 0.1) is 11.8 Å². The number of carbonyl (C=O) groups is 3. The van der Waals surface area contributed by atoms with Gasteiger partial charge in [0.15, 0.2) is 5.60 Å². The third-order valence-electron chi connectivity index (χ3n) is 6.85. The van der Waals surface area contributed by atoms with Crippen molar-refractivity contribution in [3.8, 4) is 0 Å². The number of benzene rings is 1. The van der Waals surface area contributed by atoms with Crippen LogP contribution in [0.4, 0.5) is 0 Å². The van der Waals surface area contributed by atoms with Gasteiger partial charge in [-0.25, -0.2) is 4.79 Å². The number of likely N-dealkylation sites (tertiary alicyclic amines) is 1. The molecule has 0 amide bonds. The predicted octanol–water partition coefficient (Wildman–Crippen LogP) is 2.87. The largest absolute Gasteiger partial charge is 0.481 e. The van der Waals surface area contributed by atoms with E-state index in [9.17, 15) is 19.5 Å². The summed E-state index contributed by atoms with van der Waals surface area (Å²) in [7, 11) is 0. The Morgan fingerprint density at radius 2 is 1.70 bits per heavy atom. The summed E-state index contributed by atoms with van der Waals surface area (Å²) in [5.74, 6) is -4.28. The molecule has 0 radical (unpaired) electrons. The molecule has 2 heterocycles. The van der Waals surface area contributed by atoms with Gasteiger partial charge in [0.05, 0.1) is 28.6 Å². The second-order valence-corrected chi connectivity index (χ2v) is 10.2. The topological polar surface area (TPSA) is 168 Å². The number of rotatable bonds is 8. The molecule has 37 heavy (non-hydrogen) atoms. The molecule has 4 rings (SSSR count). The highest BCUT2D eigenvalue weighted by Crippen LogP contribution is 2.50. The lowest BCUT2D eigenvalue weighted by Crippen LogP contribution is -2.42. The molecule has 1 aromatic carbocycles. The standard InChI is InChI=1S/C19H20Cl2N2O.C6H8O7/c20-16-5-3-4-14(18(16)21)11-23-10-13-7-8-19(24,15(13)12-23)17-6-1-2-9-22-17;7-3(8)1-6(13,5(11)12)2-4(9)10/h1-6,9,13,15,24H,7-8,10-12H2;13H,1-2H2,(H,7,8)(H,9,10)(H,11,12)/t13-,15+,19-;/m0./s1. The van der Waals surface area contributed by atoms with Gasteiger partial charge in [0.2, 0.25) is 0 Å². The molecule has 200 valence electrons. The Morgan fingerprint density at radius 1 is 1.03 bits per heavy atom. The van der Waals surface area contributed by atoms with Gasteiger partial charge < -0.3 is 25.5 Å². The molecule has 0 spiro atoms. The van der Waals surface area contributed by atoms with Gasteiger partial charge in [0, 0.05) is 31.7 Å². The number of halogens is 2. The van der Waals surface area contributed by atoms with Crippen LogP contribution >= 0.6 is 23.2 Å². The van der Waals surface area contributed by atoms with Gasteiger partial charge in [-0.1, -0.05) is 41.4 Å². The van der Waals surface area contributed by atoms with Gasteiger partial charge in [-0.3, -0.25) is 19.5 Å². The van der Waals surface area contributed by atoms with Crippen LogP contribution in [0.1, 0.15) is 36.9 Å². The summed E-state index contributed by atoms with van der Waals surface area (Å²) in [4.78, 5) is 37.3. The zero-order chi connectivity index (χ0) is 27.4. The Kier molecular flexibility index (Phi) is 9.14. The van der Waals surface area contributed by atoms with Gasteiger partial charge >= 0.3 is 17.9 Å². The van der Waals surface area contributed by atoms with E-state index in [1.165, 1.54) is 0 Å². The van der Waals surface area contributed by atoms with Crippen LogP contribution in [0.3, 0.4) is 0 Å². The van der Waals surface area contributed by atoms with Crippen molar-refractivity contribution in [2.75, 3.05) is 13.1 Å². The van der Waals surface area contributed by atoms with E-state index in [1.54, 1.807) is 6.20 Å². The Morgan fingerprint density at radius 3 is 2.27 bits per heavy atom. The molecule has 12 heteroatoms. The lowest BCUT2D eigenvalue weighted by Gasteiger charge is -2.29. The van der Waals surface area contributed by atoms with Gasteiger partial charge in [-0.2, -0.15) is 0 Å². The van der Waals surface area contributed by atoms with E-state index in [-0.39, 0.29) is 5.92 Å². The SMILES string of the molecule is O=C(O)CC(O)(CC(=O)O)C(=O)O.O[C@@]1(c2ccccn2)CC[C@H]2CN(Cc3cccc(Cl)c3Cl)C[C@H]21. The van der Waals surface area contributed by atoms with E-state index >= 15 is 0 Å². The lowest BCUT2D eigenvalue weighted by molar-refractivity contribution is -0.170. The normalized spacial score (nSPS) is 23.1. The molecule has 2 fully saturated rings. The number of carboxylic acid groups (broad SMARTS) is 3. The number of carboxylic acids is 3. The number of nitrogens with zero attached hydrogens (tertiary/aromatic N) is 2. The van der Waals surface area contributed by atoms with Crippen molar-refractivity contribution in [2.45, 2.75) is 43.4 Å². The first-order valence-electron chi connectivity index (χ1n) is 11.5. The van der Waals surface area contributed by atoms with Crippen molar-refractivity contribution >= 4 is 41.1 Å². The second kappa shape index (κ2) is 11.7. The molecule has 5 N–H and O–H groups in total. The van der Waals surface area contributed by atoms with Crippen LogP contribution in [-0.2, 0) is 26.5 Å². The van der Waals surface area contributed by atoms with E-state index in [2.05, 4.69) is 9.88 Å². The van der Waals surface area contributed by atoms with Crippen LogP contribution < -0.4 is 0 Å². The molecular weight excluding hydrogens is 527 g/mol. The maximum Gasteiger partial charge on any atom is 0.336 e. The lowest BCUT2D eigenvalue weighted by atomic mass is 9.85. The summed E-state index contributed by atoms with van der Waals surface area (Å²) >= 11 is 12.4. The monoisotopic (exact) mass is 554 g/mol. The van der Waals surface area contributed by atoms with E-state index in [0.29, 0.717) is 16.0 Å². The smallest absolute Gasteiger partial charge is 0.336 e. The van der Waals surface area contributed by atoms with E-state index in [1.807, 2.05) is 36.4 Å². The maximum atomic E-state index is 11.3. The number of hydrogen-bond acceptors (Lipinski definition) is 7. The van der Waals surface area contributed by atoms with E-state index < -0.39 is 42.0 Å². The molecule has 0 bridgehead atoms. The summed E-state index contributed by atoms with van der Waals surface area (Å²) in [6.07, 6.45) is 1.31. The Bertz CT molecular complexity index is 1130. The summed E-state index contributed by atoms with van der Waals surface area (Å²) in [5.41, 5.74) is -1.69. The average Bonchev–Trinajstić information content (AvgIpc) is 3.37. The van der Waals surface area contributed by atoms with Crippen molar-refractivity contribution in [2.24, 2.45) is 11.8 Å². The molecule has 2 aromatic rings. The minimum absolute atomic E-state index is 0.227. The number of aromatic nitrogens is 1. The van der Waals surface area contributed by atoms with Gasteiger partial charge in [0.25, 0.3) is 0 Å². The average molecular weight is 555 g/mol. The van der Waals surface area contributed by atoms with Crippen LogP contribution in [-0.4, -0.2) is 72.0 Å². The van der Waals surface area contributed by atoms with E-state index in [4.69, 9.17) is 43.6 Å². The third kappa shape index (κ3) is 6.77. The zero-order valence-corrected chi connectivity index (χ0v) is 21.3. The fraction of sp³-hybridized carbons (Fsp3) is 0.440. The minimum Gasteiger partial charge on any atom is -0.481 e. The van der Waals surface area contributed by atoms with Gasteiger partial charge in [-0.15, -0.1) is 0 Å². The minimum atomic E-state index is -2.74. The number of fused-ring (bicyclic) bond motifs is 1. The Labute approximate surface area is 223 Å². The molecule has 1 aliphatic heterocycles. The third-order valence-corrected chi connectivity index (χ3v) is 7.70. The maximum absolute atomic E-state index is 11.3. The van der Waals surface area contributed by atoms with E-state index in [0.717, 1.165) is 43.7 Å². The molecule has 1 saturated carbocycles. The summed E-state index contributed by atoms with van der Waals surface area (Å²) in [5, 5.41) is 46.3. The molecule has 1 saturated heterocycles. The summed E-state index contributed by atoms with van der Waals surface area (Å²) < 4.78 is 0. The highest BCUT2D eigenvalue weighted by atomic mass is 35.5. The number of pyridine rings is 1. The van der Waals surface area contributed by atoms with Gasteiger partial charge in [0.1, 0.15) is 5.60 Å². The molecule has 1 aliphatic carbocycles. The van der Waals surface area contributed by atoms with Crippen molar-refractivity contribution < 1.29 is 39.9 Å². The molecule has 1 aromatic heterocycles. The second-order valence-electron chi connectivity index (χ2n) is 9.43. The summed E-state index contributed by atoms with van der Waals surface area (Å²) in [6.45, 7) is 2.62. The van der Waals surface area contributed by atoms with Crippen LogP contribution in [0.25, 0.3) is 0 Å². The number of aliphatic hydroxyl groups is 2. The van der Waals surface area contributed by atoms with Crippen LogP contribution in [0.15, 0.2) is 42.6 Å². The van der Waals surface area contributed by atoms with Crippen LogP contribution in [0.2, 0.25) is 10.0 Å². The Hall–Kier alpha value is -2.76. The first-order valence-corrected chi connectivity index (χ1v) is 12.3. The quantitative estimate of drug-likeness (QED) is 0.327. The number of hydrogen-bond donors (Lipinski definition) is 5. The summed E-state index contributed by atoms with van der Waals surface area (Å²) in [6, 6.07) is 11.6. The van der Waals surface area contributed by atoms with Crippen molar-refractivity contribution in [3.63, 3.8) is 0 Å². The van der Waals surface area contributed by atoms with Crippen molar-refractivity contribution in [3.05, 3.63) is 63.9 Å². The highest BCUT2D eigenvalue weighted by Gasteiger charge is 2.53. The number of aliphatic carboxylic acids is 3. The Balaban J connectivity index is 0.000000251. The van der Waals surface area contributed by atoms with Crippen molar-refractivity contribution in [1.29, 1.82) is 0 Å². The zero-order valence-electron chi connectivity index (χ0n) is 19.8. The molecule has 0 unspecified atom stereocenters. The highest BCUT2D eigenvalue weighted by molar-refractivity contribution is 6.42.